The van der Waals surface area contributed by atoms with E-state index in [1.165, 1.54) is 7.14 Å². The lowest BCUT2D eigenvalue weighted by Crippen LogP contribution is -3.61. The fraction of sp³-hybridized carbons (Fsp3) is 0.429. The molecule has 4 nitrogen and oxygen atoms in total. The molecule has 0 bridgehead atoms. The van der Waals surface area contributed by atoms with E-state index in [2.05, 4.69) is 42.5 Å². The van der Waals surface area contributed by atoms with Crippen molar-refractivity contribution in [3.05, 3.63) is 61.7 Å². The van der Waals surface area contributed by atoms with E-state index in [1.54, 1.807) is 7.11 Å². The van der Waals surface area contributed by atoms with Gasteiger partial charge in [0, 0.05) is 0 Å². The molecule has 0 aliphatic carbocycles. The number of hydrogen-bond acceptors (Lipinski definition) is 4. The van der Waals surface area contributed by atoms with Gasteiger partial charge in [0.2, 0.25) is 0 Å². The highest BCUT2D eigenvalue weighted by atomic mass is 127. The molecule has 0 aliphatic rings. The zero-order chi connectivity index (χ0) is 35.0. The predicted molar refractivity (Wildman–Crippen MR) is 107 cm³/mol. The third-order valence-corrected chi connectivity index (χ3v) is 8.58. The Kier molecular flexibility index (Phi) is 11.3. The number of halogens is 18. The molecule has 0 spiro atoms. The molecular weight excluding hydrogens is 798 g/mol. The van der Waals surface area contributed by atoms with Gasteiger partial charge < -0.3 is 9.29 Å². The van der Waals surface area contributed by atoms with Crippen molar-refractivity contribution >= 4 is 10.1 Å². The summed E-state index contributed by atoms with van der Waals surface area (Å²) < 4.78 is 252. The first-order chi connectivity index (χ1) is 19.4. The Morgan fingerprint density at radius 1 is 0.545 bits per heavy atom. The summed E-state index contributed by atoms with van der Waals surface area (Å²) in [6.45, 7) is 0. The SMILES string of the molecule is COc1ccc([I+]c2ccccc2)cc1.O=S(=O)([O-])C(F)(F)C(F)(F)C(F)(F)C(F)(F)C(F)(F)C(F)(F)C(F)(F)C(F)(F)F. The minimum atomic E-state index is -8.92. The van der Waals surface area contributed by atoms with Crippen molar-refractivity contribution < 1.29 is 114 Å². The highest BCUT2D eigenvalue weighted by Crippen LogP contribution is 2.64. The van der Waals surface area contributed by atoms with Gasteiger partial charge in [0.25, 0.3) is 0 Å². The van der Waals surface area contributed by atoms with E-state index in [0.717, 1.165) is 5.75 Å². The van der Waals surface area contributed by atoms with Gasteiger partial charge in [-0.3, -0.25) is 0 Å². The molecule has 0 atom stereocenters. The lowest BCUT2D eigenvalue weighted by atomic mass is 9.91. The molecule has 0 radical (unpaired) electrons. The van der Waals surface area contributed by atoms with Crippen molar-refractivity contribution in [1.29, 1.82) is 0 Å². The Hall–Kier alpha value is -2.31. The molecule has 0 saturated carbocycles. The summed E-state index contributed by atoms with van der Waals surface area (Å²) in [6.07, 6.45) is -7.89. The summed E-state index contributed by atoms with van der Waals surface area (Å²) in [6, 6.07) is 19.0. The van der Waals surface area contributed by atoms with E-state index in [4.69, 9.17) is 4.74 Å². The van der Waals surface area contributed by atoms with Crippen LogP contribution in [0.2, 0.25) is 0 Å². The maximum atomic E-state index is 13.0. The zero-order valence-corrected chi connectivity index (χ0v) is 23.5. The van der Waals surface area contributed by atoms with Crippen LogP contribution in [0.25, 0.3) is 0 Å². The fourth-order valence-corrected chi connectivity index (χ4v) is 5.20. The summed E-state index contributed by atoms with van der Waals surface area (Å²) in [5, 5.41) is -7.95. The average molecular weight is 810 g/mol. The van der Waals surface area contributed by atoms with Crippen molar-refractivity contribution in [2.75, 3.05) is 7.11 Å². The number of ether oxygens (including phenoxy) is 1. The van der Waals surface area contributed by atoms with Gasteiger partial charge in [-0.2, -0.15) is 74.6 Å². The molecule has 0 heterocycles. The lowest BCUT2D eigenvalue weighted by molar-refractivity contribution is -0.597. The maximum absolute atomic E-state index is 13.0. The van der Waals surface area contributed by atoms with Crippen molar-refractivity contribution in [2.45, 2.75) is 47.0 Å². The monoisotopic (exact) mass is 810 g/mol. The van der Waals surface area contributed by atoms with Crippen LogP contribution in [0.1, 0.15) is 0 Å². The van der Waals surface area contributed by atoms with Crippen LogP contribution in [-0.4, -0.2) is 67.0 Å². The Morgan fingerprint density at radius 2 is 0.886 bits per heavy atom. The molecule has 252 valence electrons. The van der Waals surface area contributed by atoms with Crippen molar-refractivity contribution in [3.63, 3.8) is 0 Å². The van der Waals surface area contributed by atoms with Crippen LogP contribution in [0.15, 0.2) is 54.6 Å². The second-order valence-electron chi connectivity index (χ2n) is 7.96. The van der Waals surface area contributed by atoms with Crippen molar-refractivity contribution in [1.82, 2.24) is 0 Å². The van der Waals surface area contributed by atoms with E-state index >= 15 is 0 Å². The smallest absolute Gasteiger partial charge is 0.460 e. The van der Waals surface area contributed by atoms with E-state index in [0.29, 0.717) is 0 Å². The van der Waals surface area contributed by atoms with Gasteiger partial charge in [-0.25, -0.2) is 8.42 Å². The largest absolute Gasteiger partial charge is 0.743 e. The molecule has 2 rings (SSSR count). The van der Waals surface area contributed by atoms with E-state index in [9.17, 15) is 87.6 Å². The number of benzene rings is 2. The van der Waals surface area contributed by atoms with Gasteiger partial charge in [0.1, 0.15) is 5.75 Å². The first-order valence-corrected chi connectivity index (χ1v) is 14.0. The van der Waals surface area contributed by atoms with Gasteiger partial charge in [0.15, 0.2) is 17.3 Å². The summed E-state index contributed by atoms with van der Waals surface area (Å²) in [4.78, 5) is 0. The topological polar surface area (TPSA) is 66.4 Å². The highest BCUT2D eigenvalue weighted by Gasteiger charge is 2.95. The predicted octanol–water partition coefficient (Wildman–Crippen LogP) is 4.32. The highest BCUT2D eigenvalue weighted by molar-refractivity contribution is 7.86. The molecule has 0 saturated heterocycles. The average Bonchev–Trinajstić information content (AvgIpc) is 2.88. The second-order valence-corrected chi connectivity index (χ2v) is 12.4. The van der Waals surface area contributed by atoms with E-state index < -0.39 is 57.1 Å². The Bertz CT molecular complexity index is 1360. The van der Waals surface area contributed by atoms with Crippen LogP contribution in [0.3, 0.4) is 0 Å². The summed E-state index contributed by atoms with van der Waals surface area (Å²) in [5.74, 6) is -51.2. The second kappa shape index (κ2) is 12.5. The Labute approximate surface area is 245 Å². The molecule has 0 N–H and O–H groups in total. The molecule has 2 aromatic rings. The molecular formula is C21H12F17IO4S. The first-order valence-electron chi connectivity index (χ1n) is 10.4. The normalized spacial score (nSPS) is 14.5. The van der Waals surface area contributed by atoms with Crippen LogP contribution in [0.5, 0.6) is 5.75 Å². The Morgan fingerprint density at radius 3 is 1.23 bits per heavy atom. The van der Waals surface area contributed by atoms with E-state index in [-0.39, 0.29) is 21.2 Å². The van der Waals surface area contributed by atoms with Gasteiger partial charge in [-0.05, 0) is 36.4 Å². The molecule has 23 heteroatoms. The van der Waals surface area contributed by atoms with Crippen LogP contribution < -0.4 is 25.9 Å². The molecule has 0 aromatic heterocycles. The third-order valence-electron chi connectivity index (χ3n) is 5.01. The number of rotatable bonds is 10. The Balaban J connectivity index is 0.000000532. The third kappa shape index (κ3) is 6.77. The van der Waals surface area contributed by atoms with Gasteiger partial charge in [-0.15, -0.1) is 0 Å². The van der Waals surface area contributed by atoms with Gasteiger partial charge in [0.05, 0.1) is 7.11 Å². The van der Waals surface area contributed by atoms with Crippen molar-refractivity contribution in [2.24, 2.45) is 0 Å². The molecule has 2 aromatic carbocycles. The molecule has 0 unspecified atom stereocenters. The van der Waals surface area contributed by atoms with Crippen LogP contribution in [0.4, 0.5) is 74.6 Å². The van der Waals surface area contributed by atoms with Crippen LogP contribution in [0, 0.1) is 7.14 Å². The van der Waals surface area contributed by atoms with Crippen LogP contribution in [-0.2, 0) is 10.1 Å². The zero-order valence-electron chi connectivity index (χ0n) is 20.5. The number of alkyl halides is 17. The van der Waals surface area contributed by atoms with Crippen LogP contribution >= 0.6 is 0 Å². The first kappa shape index (κ1) is 39.7. The number of hydrogen-bond donors (Lipinski definition) is 0. The molecule has 44 heavy (non-hydrogen) atoms. The van der Waals surface area contributed by atoms with E-state index in [1.807, 2.05) is 12.1 Å². The number of methoxy groups -OCH3 is 1. The lowest BCUT2D eigenvalue weighted by Gasteiger charge is -2.42. The standard InChI is InChI=1S/C13H12IO.C8HF17O3S/c1-15-13-9-7-12(8-10-13)14-11-5-3-2-4-6-11;9-1(10,3(13,14)5(17,18)7(21,22)23)2(11,12)4(15,16)6(19,20)8(24,25)29(26,27)28/h2-10H,1H3;(H,26,27,28)/q+1;/p-1. The van der Waals surface area contributed by atoms with Gasteiger partial charge >= 0.3 is 68.2 Å². The summed E-state index contributed by atoms with van der Waals surface area (Å²) in [7, 11) is -6.45. The van der Waals surface area contributed by atoms with Crippen molar-refractivity contribution in [3.8, 4) is 5.75 Å². The molecule has 0 fully saturated rings. The quantitative estimate of drug-likeness (QED) is 0.204. The van der Waals surface area contributed by atoms with Gasteiger partial charge in [-0.1, -0.05) is 18.2 Å². The molecule has 0 aliphatic heterocycles. The minimum Gasteiger partial charge on any atom is -0.743 e. The minimum absolute atomic E-state index is 0.0449. The fourth-order valence-electron chi connectivity index (χ4n) is 2.54. The maximum Gasteiger partial charge on any atom is 0.460 e. The summed E-state index contributed by atoms with van der Waals surface area (Å²) >= 11 is -0.0449. The molecule has 0 amide bonds. The summed E-state index contributed by atoms with van der Waals surface area (Å²) in [5.41, 5.74) is 0.